The molecule has 22 aromatic carbocycles. The lowest BCUT2D eigenvalue weighted by Crippen LogP contribution is -1.96. The predicted octanol–water partition coefficient (Wildman–Crippen LogP) is 24.6. The molecule has 6 N–H and O–H groups in total. The molecule has 12 heteroatoms. The molecule has 12 nitrogen and oxygen atoms in total. The van der Waals surface area contributed by atoms with E-state index in [2.05, 4.69) is 72.8 Å². The minimum Gasteiger partial charge on any atom is -0.478 e. The Kier molecular flexibility index (Phi) is 21.4. The molecule has 0 aliphatic carbocycles. The molecule has 0 fully saturated rings. The van der Waals surface area contributed by atoms with Crippen LogP contribution < -0.4 is 0 Å². The number of carbonyl (C=O) groups is 6. The summed E-state index contributed by atoms with van der Waals surface area (Å²) >= 11 is 0. The first-order chi connectivity index (χ1) is 58.3. The lowest BCUT2D eigenvalue weighted by Gasteiger charge is -2.12. The van der Waals surface area contributed by atoms with Crippen LogP contribution in [-0.4, -0.2) is 66.5 Å². The van der Waals surface area contributed by atoms with Crippen LogP contribution in [0.25, 0.3) is 164 Å². The number of rotatable bonds is 12. The summed E-state index contributed by atoms with van der Waals surface area (Å²) in [6.07, 6.45) is 0. The zero-order valence-corrected chi connectivity index (χ0v) is 63.3. The maximum atomic E-state index is 12.1. The average molecular weight is 1550 g/mol. The minimum atomic E-state index is -1.08. The van der Waals surface area contributed by atoms with Crippen LogP contribution in [0.5, 0.6) is 0 Å². The highest BCUT2D eigenvalue weighted by Gasteiger charge is 2.17. The molecule has 0 saturated carbocycles. The van der Waals surface area contributed by atoms with Gasteiger partial charge in [-0.25, -0.2) is 28.8 Å². The van der Waals surface area contributed by atoms with Crippen molar-refractivity contribution in [2.45, 2.75) is 0 Å². The second-order valence-corrected chi connectivity index (χ2v) is 28.1. The van der Waals surface area contributed by atoms with Crippen molar-refractivity contribution in [3.63, 3.8) is 0 Å². The highest BCUT2D eigenvalue weighted by Crippen LogP contribution is 2.40. The van der Waals surface area contributed by atoms with E-state index in [1.165, 1.54) is 72.8 Å². The Hall–Kier alpha value is -17.5. The predicted molar refractivity (Wildman–Crippen MR) is 470 cm³/mol. The average Bonchev–Trinajstić information content (AvgIpc) is 0.786. The molecular formula is C108H60O12. The van der Waals surface area contributed by atoms with Gasteiger partial charge >= 0.3 is 35.8 Å². The van der Waals surface area contributed by atoms with E-state index in [4.69, 9.17) is 0 Å². The normalized spacial score (nSPS) is 10.5. The molecule has 120 heavy (non-hydrogen) atoms. The van der Waals surface area contributed by atoms with Crippen molar-refractivity contribution in [1.82, 2.24) is 0 Å². The molecule has 0 unspecified atom stereocenters. The zero-order chi connectivity index (χ0) is 82.9. The van der Waals surface area contributed by atoms with Crippen molar-refractivity contribution in [2.24, 2.45) is 0 Å². The molecule has 22 rings (SSSR count). The third-order valence-corrected chi connectivity index (χ3v) is 20.5. The van der Waals surface area contributed by atoms with E-state index in [1.807, 2.05) is 182 Å². The molecule has 0 spiro atoms. The summed E-state index contributed by atoms with van der Waals surface area (Å²) < 4.78 is 0. The molecule has 564 valence electrons. The molecule has 0 radical (unpaired) electrons. The Balaban J connectivity index is 0.891. The molecule has 0 aliphatic rings. The molecule has 0 saturated heterocycles. The van der Waals surface area contributed by atoms with E-state index in [-0.39, 0.29) is 33.4 Å². The van der Waals surface area contributed by atoms with Gasteiger partial charge in [-0.1, -0.05) is 218 Å². The number of aromatic carboxylic acids is 6. The third-order valence-electron chi connectivity index (χ3n) is 20.5. The maximum Gasteiger partial charge on any atom is 0.335 e. The first-order valence-corrected chi connectivity index (χ1v) is 37.6. The van der Waals surface area contributed by atoms with E-state index < -0.39 is 35.8 Å². The van der Waals surface area contributed by atoms with E-state index in [0.29, 0.717) is 131 Å². The van der Waals surface area contributed by atoms with Crippen LogP contribution in [0.15, 0.2) is 328 Å². The fraction of sp³-hybridized carbons (Fsp3) is 0. The lowest BCUT2D eigenvalue weighted by molar-refractivity contribution is 0.0686. The van der Waals surface area contributed by atoms with E-state index >= 15 is 0 Å². The van der Waals surface area contributed by atoms with Crippen molar-refractivity contribution in [1.29, 1.82) is 0 Å². The summed E-state index contributed by atoms with van der Waals surface area (Å²) in [5.41, 5.74) is 8.98. The lowest BCUT2D eigenvalue weighted by atomic mass is 9.91. The number of hydrogen-bond donors (Lipinski definition) is 6. The first-order valence-electron chi connectivity index (χ1n) is 37.6. The number of fused-ring (bicyclic) bond motifs is 6. The summed E-state index contributed by atoms with van der Waals surface area (Å²) in [6.45, 7) is 0. The van der Waals surface area contributed by atoms with Gasteiger partial charge in [-0.2, -0.15) is 0 Å². The van der Waals surface area contributed by atoms with Gasteiger partial charge in [-0.15, -0.1) is 0 Å². The number of hydrogen-bond acceptors (Lipinski definition) is 6. The van der Waals surface area contributed by atoms with Gasteiger partial charge in [0, 0.05) is 64.6 Å². The van der Waals surface area contributed by atoms with Crippen LogP contribution in [0.1, 0.15) is 62.1 Å². The number of carboxylic acids is 6. The van der Waals surface area contributed by atoms with Gasteiger partial charge in [0.25, 0.3) is 0 Å². The second kappa shape index (κ2) is 33.7. The molecule has 0 aromatic heterocycles. The Morgan fingerprint density at radius 1 is 0.150 bits per heavy atom. The van der Waals surface area contributed by atoms with Crippen molar-refractivity contribution in [3.8, 4) is 66.8 Å². The highest BCUT2D eigenvalue weighted by molar-refractivity contribution is 6.02. The summed E-state index contributed by atoms with van der Waals surface area (Å²) in [4.78, 5) is 72.6. The molecule has 0 aliphatic heterocycles. The minimum absolute atomic E-state index is 0.102. The fourth-order valence-corrected chi connectivity index (χ4v) is 13.9. The molecular weight excluding hydrogens is 1490 g/mol. The van der Waals surface area contributed by atoms with E-state index in [9.17, 15) is 59.4 Å². The molecule has 0 amide bonds. The van der Waals surface area contributed by atoms with Crippen LogP contribution in [0.2, 0.25) is 0 Å². The van der Waals surface area contributed by atoms with Crippen LogP contribution in [0, 0.1) is 72.8 Å². The fourth-order valence-electron chi connectivity index (χ4n) is 13.9. The number of benzene rings is 15. The van der Waals surface area contributed by atoms with Crippen LogP contribution >= 0.6 is 0 Å². The van der Waals surface area contributed by atoms with E-state index in [1.54, 1.807) is 72.8 Å². The molecule has 0 heterocycles. The Labute approximate surface area is 688 Å². The van der Waals surface area contributed by atoms with Crippen molar-refractivity contribution in [3.05, 3.63) is 434 Å². The summed E-state index contributed by atoms with van der Waals surface area (Å²) in [7, 11) is 0. The van der Waals surface area contributed by atoms with Gasteiger partial charge in [0.15, 0.2) is 0 Å². The molecule has 12 bridgehead atoms. The standard InChI is InChI=1S/C108H60O12/c109-103(110)85-49-37-79(38-50-85)97-61-91-31-13-67-1-19-73(20-2-67)74-21-3-68(4-22-74)15-33-93-63-99(81-41-53-87(54-42-81)105(113)114)100(82-43-55-88(56-44-82)106(115)116)64-94(93)34-16-70-9-27-77(28-10-70)78-29-11-72(12-30-78)18-36-96-66-102(84-47-59-90(60-48-84)108(119)120)101(83-45-57-89(58-46-83)107(117)118)65-95(96)35-17-71-7-25-76(26-8-71)75-23-5-69(6-24-75)14-32-92(91)62-98(97)80-39-51-86(52-40-80)104(111)112/h1-12,19-30,37-66H,(H,109,110)(H,111,112)(H,113,114)(H,115,116)(H,117,118)(H,119,120). The smallest absolute Gasteiger partial charge is 0.335 e. The largest absolute Gasteiger partial charge is 0.478 e. The monoisotopic (exact) mass is 1550 g/mol. The topological polar surface area (TPSA) is 224 Å². The van der Waals surface area contributed by atoms with Gasteiger partial charge in [-0.05, 0) is 281 Å². The van der Waals surface area contributed by atoms with Crippen molar-refractivity contribution >= 4 is 133 Å². The second-order valence-electron chi connectivity index (χ2n) is 28.1. The summed E-state index contributed by atoms with van der Waals surface area (Å²) in [5.74, 6) is -6.48. The SMILES string of the molecule is O=C(O)c1ccc(-c2cc3c#cc4ccc(cc4)c4ccc(c#cc5cc(-c6ccc(C(=O)O)cc6)c(-c6ccc(C(=O)O)cc6)cc5c#cc5ccc(cc5)c5ccc(c#cc6cc(-c7ccc(C(=O)O)cc7)c(-c7ccc(C(=O)O)cc7)cc6c#cc6ccc(cc6)c6ccc(c#cc3cc2-c2ccc(C(=O)O)cc2)cc6)cc5)cc4)cc1. The van der Waals surface area contributed by atoms with Gasteiger partial charge < -0.3 is 30.6 Å². The van der Waals surface area contributed by atoms with Crippen LogP contribution in [-0.2, 0) is 0 Å². The van der Waals surface area contributed by atoms with E-state index in [0.717, 1.165) is 32.3 Å². The number of carboxylic acid groups (broad SMARTS) is 6. The highest BCUT2D eigenvalue weighted by atomic mass is 16.4. The van der Waals surface area contributed by atoms with Crippen molar-refractivity contribution in [2.75, 3.05) is 0 Å². The third kappa shape index (κ3) is 17.2. The quantitative estimate of drug-likeness (QED) is 0.0672. The maximum absolute atomic E-state index is 12.1. The molecule has 0 atom stereocenters. The summed E-state index contributed by atoms with van der Waals surface area (Å²) in [5, 5.41) is 72.5. The van der Waals surface area contributed by atoms with Crippen LogP contribution in [0.4, 0.5) is 0 Å². The van der Waals surface area contributed by atoms with Gasteiger partial charge in [-0.3, -0.25) is 0 Å². The Bertz CT molecular complexity index is 6100. The molecule has 22 aromatic rings. The van der Waals surface area contributed by atoms with Gasteiger partial charge in [0.05, 0.1) is 33.4 Å². The summed E-state index contributed by atoms with van der Waals surface area (Å²) in [6, 6.07) is 138. The Morgan fingerprint density at radius 2 is 0.267 bits per heavy atom. The Morgan fingerprint density at radius 3 is 0.375 bits per heavy atom. The van der Waals surface area contributed by atoms with Gasteiger partial charge in [0.1, 0.15) is 0 Å². The van der Waals surface area contributed by atoms with Crippen LogP contribution in [0.3, 0.4) is 0 Å². The first kappa shape index (κ1) is 76.5. The zero-order valence-electron chi connectivity index (χ0n) is 63.3. The van der Waals surface area contributed by atoms with Gasteiger partial charge in [0.2, 0.25) is 0 Å². The van der Waals surface area contributed by atoms with Crippen molar-refractivity contribution < 1.29 is 59.4 Å².